The molecule has 2 amide bonds. The van der Waals surface area contributed by atoms with Gasteiger partial charge in [-0.15, -0.1) is 5.10 Å². The van der Waals surface area contributed by atoms with Gasteiger partial charge in [-0.25, -0.2) is 9.97 Å². The van der Waals surface area contributed by atoms with Gasteiger partial charge in [-0.3, -0.25) is 19.0 Å². The van der Waals surface area contributed by atoms with Crippen LogP contribution in [-0.2, 0) is 15.7 Å². The topological polar surface area (TPSA) is 160 Å². The molecule has 18 heteroatoms. The van der Waals surface area contributed by atoms with Crippen molar-refractivity contribution in [1.29, 1.82) is 0 Å². The van der Waals surface area contributed by atoms with E-state index in [2.05, 4.69) is 20.4 Å². The second-order valence-corrected chi connectivity index (χ2v) is 12.8. The van der Waals surface area contributed by atoms with E-state index in [9.17, 15) is 32.7 Å². The lowest BCUT2D eigenvalue weighted by Crippen LogP contribution is -2.51. The number of amides is 2. The summed E-state index contributed by atoms with van der Waals surface area (Å²) in [6.07, 6.45) is -0.795. The van der Waals surface area contributed by atoms with Crippen LogP contribution < -0.4 is 15.8 Å². The summed E-state index contributed by atoms with van der Waals surface area (Å²) in [6.45, 7) is 5.16. The third-order valence-corrected chi connectivity index (χ3v) is 9.57. The Morgan fingerprint density at radius 2 is 1.90 bits per heavy atom. The van der Waals surface area contributed by atoms with Crippen LogP contribution in [0, 0.1) is 6.92 Å². The molecule has 0 spiro atoms. The van der Waals surface area contributed by atoms with Gasteiger partial charge in [0.15, 0.2) is 17.3 Å². The van der Waals surface area contributed by atoms with E-state index in [0.717, 1.165) is 23.8 Å². The maximum atomic E-state index is 14.3. The van der Waals surface area contributed by atoms with E-state index < -0.39 is 35.2 Å². The fourth-order valence-electron chi connectivity index (χ4n) is 6.66. The minimum absolute atomic E-state index is 0.00304. The predicted octanol–water partition coefficient (Wildman–Crippen LogP) is 3.82. The van der Waals surface area contributed by atoms with Crippen LogP contribution in [0.3, 0.4) is 0 Å². The first kappa shape index (κ1) is 33.5. The summed E-state index contributed by atoms with van der Waals surface area (Å²) in [4.78, 5) is 57.4. The van der Waals surface area contributed by atoms with Crippen LogP contribution in [-0.4, -0.2) is 90.3 Å². The van der Waals surface area contributed by atoms with Crippen molar-refractivity contribution in [3.63, 3.8) is 0 Å². The van der Waals surface area contributed by atoms with E-state index in [4.69, 9.17) is 21.3 Å². The molecule has 2 N–H and O–H groups in total. The van der Waals surface area contributed by atoms with Crippen molar-refractivity contribution in [2.75, 3.05) is 49.6 Å². The quantitative estimate of drug-likeness (QED) is 0.311. The van der Waals surface area contributed by atoms with Gasteiger partial charge in [0, 0.05) is 32.1 Å². The summed E-state index contributed by atoms with van der Waals surface area (Å²) >= 11 is 6.18. The Hall–Kier alpha value is -5.03. The fraction of sp³-hybridized carbons (Fsp3) is 0.406. The van der Waals surface area contributed by atoms with Crippen molar-refractivity contribution in [2.24, 2.45) is 0 Å². The molecule has 50 heavy (non-hydrogen) atoms. The maximum absolute atomic E-state index is 14.3. The molecule has 1 aromatic carbocycles. The molecule has 0 aliphatic carbocycles. The molecule has 0 radical (unpaired) electrons. The number of hydrogen-bond acceptors (Lipinski definition) is 10. The summed E-state index contributed by atoms with van der Waals surface area (Å²) in [5, 5.41) is 17.3. The molecule has 3 aliphatic rings. The number of fused-ring (bicyclic) bond motifs is 3. The van der Waals surface area contributed by atoms with Crippen molar-refractivity contribution >= 4 is 46.1 Å². The van der Waals surface area contributed by atoms with Crippen LogP contribution in [0.15, 0.2) is 35.4 Å². The number of aryl methyl sites for hydroxylation is 1. The van der Waals surface area contributed by atoms with Gasteiger partial charge in [0.05, 0.1) is 40.9 Å². The average Bonchev–Trinajstić information content (AvgIpc) is 3.69. The molecule has 0 saturated carbocycles. The zero-order valence-electron chi connectivity index (χ0n) is 26.9. The van der Waals surface area contributed by atoms with Crippen LogP contribution in [0.4, 0.5) is 24.5 Å². The number of carbonyl (C=O) groups excluding carboxylic acids is 2. The number of anilines is 2. The smallest absolute Gasteiger partial charge is 0.416 e. The lowest BCUT2D eigenvalue weighted by Gasteiger charge is -2.36. The third-order valence-electron chi connectivity index (χ3n) is 9.26. The van der Waals surface area contributed by atoms with Gasteiger partial charge in [-0.2, -0.15) is 22.7 Å². The second kappa shape index (κ2) is 12.7. The number of aromatic nitrogens is 6. The highest BCUT2D eigenvalue weighted by molar-refractivity contribution is 6.33. The Balaban J connectivity index is 1.26. The molecule has 4 aromatic rings. The molecule has 262 valence electrons. The van der Waals surface area contributed by atoms with Gasteiger partial charge in [-0.05, 0) is 43.5 Å². The highest BCUT2D eigenvalue weighted by Crippen LogP contribution is 2.42. The molecule has 0 bridgehead atoms. The van der Waals surface area contributed by atoms with Crippen molar-refractivity contribution in [1.82, 2.24) is 34.0 Å². The largest absolute Gasteiger partial charge is 0.504 e. The van der Waals surface area contributed by atoms with Crippen molar-refractivity contribution in [3.8, 4) is 5.75 Å². The Bertz CT molecular complexity index is 2120. The first-order valence-corrected chi connectivity index (χ1v) is 16.3. The highest BCUT2D eigenvalue weighted by Gasteiger charge is 2.41. The Kier molecular flexibility index (Phi) is 8.50. The van der Waals surface area contributed by atoms with E-state index in [-0.39, 0.29) is 72.1 Å². The van der Waals surface area contributed by atoms with Crippen LogP contribution >= 0.6 is 11.6 Å². The highest BCUT2D eigenvalue weighted by atomic mass is 35.5. The number of carbonyl (C=O) groups is 2. The molecule has 3 aliphatic heterocycles. The molecular formula is C32H31ClF3N9O5. The number of piperazine rings is 1. The van der Waals surface area contributed by atoms with Gasteiger partial charge in [-0.1, -0.05) is 24.6 Å². The molecule has 2 atom stereocenters. The molecular weight excluding hydrogens is 683 g/mol. The fourth-order valence-corrected chi connectivity index (χ4v) is 6.89. The molecule has 14 nitrogen and oxygen atoms in total. The molecule has 1 unspecified atom stereocenters. The number of rotatable bonds is 5. The number of aromatic hydroxyl groups is 1. The maximum Gasteiger partial charge on any atom is 0.416 e. The number of halogens is 4. The van der Waals surface area contributed by atoms with Gasteiger partial charge in [0.25, 0.3) is 11.5 Å². The Labute approximate surface area is 287 Å². The lowest BCUT2D eigenvalue weighted by molar-refractivity contribution is -0.137. The monoisotopic (exact) mass is 713 g/mol. The normalized spacial score (nSPS) is 19.4. The van der Waals surface area contributed by atoms with E-state index in [1.54, 1.807) is 11.5 Å². The predicted molar refractivity (Wildman–Crippen MR) is 174 cm³/mol. The van der Waals surface area contributed by atoms with E-state index in [0.29, 0.717) is 36.8 Å². The van der Waals surface area contributed by atoms with Crippen LogP contribution in [0.5, 0.6) is 5.75 Å². The van der Waals surface area contributed by atoms with Crippen molar-refractivity contribution in [2.45, 2.75) is 44.8 Å². The average molecular weight is 714 g/mol. The number of alkyl halides is 3. The summed E-state index contributed by atoms with van der Waals surface area (Å²) in [5.74, 6) is -1.19. The summed E-state index contributed by atoms with van der Waals surface area (Å²) in [7, 11) is 0. The Morgan fingerprint density at radius 3 is 2.58 bits per heavy atom. The number of nitrogens with one attached hydrogen (secondary N) is 1. The van der Waals surface area contributed by atoms with E-state index in [1.807, 2.05) is 17.9 Å². The van der Waals surface area contributed by atoms with Crippen LogP contribution in [0.1, 0.15) is 65.0 Å². The van der Waals surface area contributed by atoms with Gasteiger partial charge in [0.2, 0.25) is 11.7 Å². The van der Waals surface area contributed by atoms with Crippen LogP contribution in [0.2, 0.25) is 5.02 Å². The van der Waals surface area contributed by atoms with Gasteiger partial charge < -0.3 is 25.0 Å². The summed E-state index contributed by atoms with van der Waals surface area (Å²) in [6, 6.07) is 1.77. The number of ether oxygens (including phenoxy) is 1. The minimum atomic E-state index is -4.61. The van der Waals surface area contributed by atoms with Crippen molar-refractivity contribution < 1.29 is 32.6 Å². The molecule has 1 fully saturated rings. The number of benzene rings is 1. The summed E-state index contributed by atoms with van der Waals surface area (Å²) in [5.41, 5.74) is 0.408. The molecule has 6 heterocycles. The standard InChI is InChI=1S/C32H31ClF3N9O5/c1-16-13-22(28(47)39-21-4-3-19(14-20(21)33)32(34,35)36)44-24(16)25(30(49)45-31(44)40-27(41-45)18-5-11-50-12-6-18)42-7-9-43(10-8-42)29(48)23-26(46)17(2)37-15-38-23/h3-5,14-16,22,46H,6-13H2,1-2H3,(H,39,47)/t16-,22?/m0/s1. The third kappa shape index (κ3) is 5.83. The summed E-state index contributed by atoms with van der Waals surface area (Å²) < 4.78 is 48.0. The zero-order chi connectivity index (χ0) is 35.5. The van der Waals surface area contributed by atoms with Crippen LogP contribution in [0.25, 0.3) is 11.4 Å². The van der Waals surface area contributed by atoms with Gasteiger partial charge >= 0.3 is 6.18 Å². The van der Waals surface area contributed by atoms with E-state index in [1.165, 1.54) is 15.7 Å². The molecule has 1 saturated heterocycles. The zero-order valence-corrected chi connectivity index (χ0v) is 27.6. The van der Waals surface area contributed by atoms with E-state index >= 15 is 0 Å². The Morgan fingerprint density at radius 1 is 1.14 bits per heavy atom. The number of hydrogen-bond donors (Lipinski definition) is 2. The first-order chi connectivity index (χ1) is 23.8. The first-order valence-electron chi connectivity index (χ1n) is 15.9. The number of nitrogens with zero attached hydrogens (tertiary/aromatic N) is 8. The molecule has 3 aromatic heterocycles. The minimum Gasteiger partial charge on any atom is -0.504 e. The molecule has 7 rings (SSSR count). The van der Waals surface area contributed by atoms with Gasteiger partial charge in [0.1, 0.15) is 18.1 Å². The van der Waals surface area contributed by atoms with Crippen molar-refractivity contribution in [3.05, 3.63) is 74.4 Å². The SMILES string of the molecule is Cc1ncnc(C(=O)N2CCN(c3c4n(c5nc(C6=CCOCC6)nn5c3=O)C(C(=O)Nc3ccc(C(F)(F)F)cc3Cl)C[C@@H]4C)CC2)c1O. The lowest BCUT2D eigenvalue weighted by atomic mass is 10.0. The second-order valence-electron chi connectivity index (χ2n) is 12.4.